The number of carbonyl (C=O) groups is 1. The van der Waals surface area contributed by atoms with Crippen LogP contribution in [0, 0.1) is 0 Å². The summed E-state index contributed by atoms with van der Waals surface area (Å²) < 4.78 is -0.732. The third kappa shape index (κ3) is 7.30. The molecule has 0 aliphatic carbocycles. The molecule has 0 heterocycles. The fourth-order valence-electron chi connectivity index (χ4n) is 1.48. The van der Waals surface area contributed by atoms with E-state index in [4.69, 9.17) is 0 Å². The fraction of sp³-hybridized carbons (Fsp3) is 0.300. The number of benzene rings is 1. The molecule has 1 rings (SSSR count). The van der Waals surface area contributed by atoms with Gasteiger partial charge in [0.1, 0.15) is -1.69 Å². The molecule has 0 amide bonds. The van der Waals surface area contributed by atoms with Gasteiger partial charge in [-0.05, 0) is 221 Å². The van der Waals surface area contributed by atoms with E-state index >= 15 is 0 Å². The van der Waals surface area contributed by atoms with Crippen molar-refractivity contribution in [1.82, 2.24) is 0 Å². The number of carboxylic acids is 1. The number of rotatable bonds is 4. The van der Waals surface area contributed by atoms with Crippen LogP contribution in [0.15, 0.2) is 12.1 Å². The Morgan fingerprint density at radius 1 is 0.762 bits per heavy atom. The first kappa shape index (κ1) is 24.3. The number of carboxylic acid groups (broad SMARTS) is 1. The molecular weight excluding hydrogens is 1290 g/mol. The number of aromatic carboxylic acids is 1. The predicted molar refractivity (Wildman–Crippen MR) is 165 cm³/mol. The van der Waals surface area contributed by atoms with Crippen LogP contribution in [0.1, 0.15) is 27.0 Å². The summed E-state index contributed by atoms with van der Waals surface area (Å²) in [6, 6.07) is 4.05. The zero-order valence-electron chi connectivity index (χ0n) is 9.41. The Hall–Kier alpha value is 5.26. The van der Waals surface area contributed by atoms with E-state index in [1.807, 2.05) is 12.1 Å². The van der Waals surface area contributed by atoms with Gasteiger partial charge in [0.15, 0.2) is 0 Å². The van der Waals surface area contributed by atoms with E-state index in [-0.39, 0.29) is -1.69 Å². The van der Waals surface area contributed by atoms with Crippen LogP contribution < -0.4 is 0 Å². The summed E-state index contributed by atoms with van der Waals surface area (Å²) in [5, 5.41) is 9.74. The van der Waals surface area contributed by atoms with E-state index in [1.54, 1.807) is 0 Å². The highest BCUT2D eigenvalue weighted by atomic mass is 127. The molecule has 2 nitrogen and oxygen atoms in total. The van der Waals surface area contributed by atoms with Crippen LogP contribution in [0.5, 0.6) is 0 Å². The number of hydrogen-bond acceptors (Lipinski definition) is 1. The zero-order chi connectivity index (χ0) is 16.8. The van der Waals surface area contributed by atoms with E-state index in [1.165, 1.54) is 0 Å². The molecule has 21 heavy (non-hydrogen) atoms. The molecular formula is C10H3I9O2. The lowest BCUT2D eigenvalue weighted by molar-refractivity contribution is 0.0695. The van der Waals surface area contributed by atoms with Gasteiger partial charge in [0, 0.05) is 11.1 Å². The second kappa shape index (κ2) is 9.17. The highest BCUT2D eigenvalue weighted by Crippen LogP contribution is 2.56. The Morgan fingerprint density at radius 2 is 1.10 bits per heavy atom. The van der Waals surface area contributed by atoms with Crippen molar-refractivity contribution in [2.24, 2.45) is 0 Å². The molecule has 11 heteroatoms. The Morgan fingerprint density at radius 3 is 1.29 bits per heavy atom. The van der Waals surface area contributed by atoms with Crippen molar-refractivity contribution in [1.29, 1.82) is 0 Å². The second-order valence-electron chi connectivity index (χ2n) is 3.74. The van der Waals surface area contributed by atoms with Gasteiger partial charge in [0.25, 0.3) is 0 Å². The maximum absolute atomic E-state index is 11.9. The molecule has 1 aromatic rings. The average Bonchev–Trinajstić information content (AvgIpc) is 2.23. The molecule has 0 saturated heterocycles. The number of hydrogen-bond donors (Lipinski definition) is 1. The van der Waals surface area contributed by atoms with E-state index < -0.39 is 5.97 Å². The summed E-state index contributed by atoms with van der Waals surface area (Å²) in [6.07, 6.45) is 0. The van der Waals surface area contributed by atoms with Crippen LogP contribution >= 0.6 is 203 Å². The minimum atomic E-state index is -0.865. The molecule has 1 aromatic carbocycles. The van der Waals surface area contributed by atoms with Gasteiger partial charge in [0.05, 0.1) is 5.56 Å². The van der Waals surface area contributed by atoms with Crippen molar-refractivity contribution in [2.45, 2.75) is -1.69 Å². The molecule has 0 unspecified atom stereocenters. The van der Waals surface area contributed by atoms with Gasteiger partial charge in [-0.2, -0.15) is 0 Å². The molecule has 118 valence electrons. The lowest BCUT2D eigenvalue weighted by Gasteiger charge is -2.26. The molecule has 0 aliphatic heterocycles. The topological polar surface area (TPSA) is 37.3 Å². The average molecular weight is 1300 g/mol. The third-order valence-electron chi connectivity index (χ3n) is 2.29. The van der Waals surface area contributed by atoms with E-state index in [9.17, 15) is 9.90 Å². The van der Waals surface area contributed by atoms with Crippen molar-refractivity contribution in [3.63, 3.8) is 0 Å². The molecule has 0 aliphatic rings. The highest BCUT2D eigenvalue weighted by Gasteiger charge is 2.37. The first-order valence-electron chi connectivity index (χ1n) is 4.78. The Kier molecular flexibility index (Phi) is 10.6. The van der Waals surface area contributed by atoms with Crippen molar-refractivity contribution in [3.8, 4) is 0 Å². The van der Waals surface area contributed by atoms with Gasteiger partial charge in [-0.3, -0.25) is 0 Å². The molecule has 0 saturated carbocycles. The molecule has 0 aromatic heterocycles. The number of halogens is 9. The second-order valence-corrected chi connectivity index (χ2v) is 36.9. The maximum atomic E-state index is 11.9. The van der Waals surface area contributed by atoms with Crippen LogP contribution in [0.4, 0.5) is 0 Å². The summed E-state index contributed by atoms with van der Waals surface area (Å²) in [7, 11) is 0. The van der Waals surface area contributed by atoms with Crippen molar-refractivity contribution in [3.05, 3.63) is 34.4 Å². The van der Waals surface area contributed by atoms with Crippen molar-refractivity contribution < 1.29 is 9.90 Å². The molecule has 1 N–H and O–H groups in total. The SMILES string of the molecule is O=C(O)c1c(C(I)(I)I)cc(C(I)(I)I)cc1C(I)(I)I. The number of alkyl halides is 9. The lowest BCUT2D eigenvalue weighted by Crippen LogP contribution is -2.18. The minimum Gasteiger partial charge on any atom is -0.478 e. The first-order valence-corrected chi connectivity index (χ1v) is 14.5. The fourth-order valence-corrected chi connectivity index (χ4v) is 4.97. The molecule has 0 spiro atoms. The van der Waals surface area contributed by atoms with Crippen LogP contribution in [0.2, 0.25) is 0 Å². The van der Waals surface area contributed by atoms with E-state index in [0.29, 0.717) is 5.56 Å². The van der Waals surface area contributed by atoms with Crippen molar-refractivity contribution in [2.75, 3.05) is 0 Å². The van der Waals surface area contributed by atoms with E-state index in [0.717, 1.165) is 16.7 Å². The third-order valence-corrected chi connectivity index (χ3v) is 7.65. The Balaban J connectivity index is 3.89. The molecule has 0 atom stereocenters. The Labute approximate surface area is 245 Å². The summed E-state index contributed by atoms with van der Waals surface area (Å²) in [5.41, 5.74) is 3.26. The largest absolute Gasteiger partial charge is 0.478 e. The Bertz CT molecular complexity index is 530. The van der Waals surface area contributed by atoms with Gasteiger partial charge in [-0.15, -0.1) is 0 Å². The van der Waals surface area contributed by atoms with Crippen LogP contribution in [0.25, 0.3) is 0 Å². The smallest absolute Gasteiger partial charge is 0.336 e. The molecule has 0 fully saturated rings. The minimum absolute atomic E-state index is 0.113. The quantitative estimate of drug-likeness (QED) is 0.243. The van der Waals surface area contributed by atoms with E-state index in [2.05, 4.69) is 203 Å². The lowest BCUT2D eigenvalue weighted by atomic mass is 10.00. The van der Waals surface area contributed by atoms with Gasteiger partial charge in [-0.25, -0.2) is 4.79 Å². The summed E-state index contributed by atoms with van der Waals surface area (Å²) in [5.74, 6) is -0.865. The standard InChI is InChI=1S/C10H3I9O2/c11-8(12,13)3-1-4(9(14,15)16)6(7(20)21)5(2-3)10(17,18)19/h1-2H,(H,20,21). The van der Waals surface area contributed by atoms with Crippen LogP contribution in [-0.2, 0) is -1.69 Å². The van der Waals surface area contributed by atoms with Gasteiger partial charge in [0.2, 0.25) is 0 Å². The van der Waals surface area contributed by atoms with Gasteiger partial charge >= 0.3 is 5.97 Å². The highest BCUT2D eigenvalue weighted by molar-refractivity contribution is 14.3. The summed E-state index contributed by atoms with van der Waals surface area (Å²) >= 11 is 20.8. The van der Waals surface area contributed by atoms with Crippen LogP contribution in [-0.4, -0.2) is 11.1 Å². The van der Waals surface area contributed by atoms with Gasteiger partial charge in [-0.1, -0.05) is 0 Å². The van der Waals surface area contributed by atoms with Gasteiger partial charge < -0.3 is 5.11 Å². The molecule has 0 bridgehead atoms. The summed E-state index contributed by atoms with van der Waals surface area (Å²) in [4.78, 5) is 11.9. The monoisotopic (exact) mass is 1300 g/mol. The van der Waals surface area contributed by atoms with Crippen LogP contribution in [0.3, 0.4) is 0 Å². The zero-order valence-corrected chi connectivity index (χ0v) is 28.8. The first-order chi connectivity index (χ1) is 9.15. The maximum Gasteiger partial charge on any atom is 0.336 e. The molecule has 0 radical (unpaired) electrons. The predicted octanol–water partition coefficient (Wildman–Crippen LogP) is 8.63. The normalized spacial score (nSPS) is 13.4. The summed E-state index contributed by atoms with van der Waals surface area (Å²) in [6.45, 7) is 0. The van der Waals surface area contributed by atoms with Crippen molar-refractivity contribution >= 4 is 209 Å².